The second-order valence-electron chi connectivity index (χ2n) is 5.85. The van der Waals surface area contributed by atoms with Crippen molar-refractivity contribution < 1.29 is 9.53 Å². The van der Waals surface area contributed by atoms with Crippen molar-refractivity contribution in [3.8, 4) is 5.75 Å². The molecular weight excluding hydrogens is 330 g/mol. The van der Waals surface area contributed by atoms with E-state index in [9.17, 15) is 4.79 Å². The van der Waals surface area contributed by atoms with Crippen LogP contribution in [0.2, 0.25) is 0 Å². The predicted molar refractivity (Wildman–Crippen MR) is 88.8 cm³/mol. The van der Waals surface area contributed by atoms with Crippen LogP contribution in [0, 0.1) is 5.92 Å². The molecule has 0 saturated heterocycles. The lowest BCUT2D eigenvalue weighted by Crippen LogP contribution is -2.39. The van der Waals surface area contributed by atoms with Gasteiger partial charge in [0, 0.05) is 18.7 Å². The maximum Gasteiger partial charge on any atom is 0.253 e. The lowest BCUT2D eigenvalue weighted by atomic mass is 9.84. The predicted octanol–water partition coefficient (Wildman–Crippen LogP) is 4.50. The highest BCUT2D eigenvalue weighted by atomic mass is 79.9. The summed E-state index contributed by atoms with van der Waals surface area (Å²) in [5.74, 6) is 1.69. The summed E-state index contributed by atoms with van der Waals surface area (Å²) in [6.07, 6.45) is 5.99. The first-order valence-electron chi connectivity index (χ1n) is 7.67. The Morgan fingerprint density at radius 2 is 2.00 bits per heavy atom. The fourth-order valence-electron chi connectivity index (χ4n) is 3.11. The van der Waals surface area contributed by atoms with Crippen LogP contribution in [-0.2, 0) is 0 Å². The fourth-order valence-corrected chi connectivity index (χ4v) is 3.65. The summed E-state index contributed by atoms with van der Waals surface area (Å²) in [5.41, 5.74) is 0.711. The van der Waals surface area contributed by atoms with Crippen LogP contribution in [0.5, 0.6) is 5.75 Å². The van der Waals surface area contributed by atoms with Crippen molar-refractivity contribution in [1.82, 2.24) is 4.90 Å². The zero-order valence-electron chi connectivity index (χ0n) is 13.1. The van der Waals surface area contributed by atoms with E-state index < -0.39 is 0 Å². The number of rotatable bonds is 4. The van der Waals surface area contributed by atoms with Crippen molar-refractivity contribution in [2.45, 2.75) is 45.1 Å². The topological polar surface area (TPSA) is 29.5 Å². The number of hydrogen-bond donors (Lipinski definition) is 0. The third-order valence-electron chi connectivity index (χ3n) is 4.66. The molecule has 1 aromatic rings. The van der Waals surface area contributed by atoms with Crippen LogP contribution >= 0.6 is 15.9 Å². The van der Waals surface area contributed by atoms with Gasteiger partial charge in [-0.1, -0.05) is 13.3 Å². The van der Waals surface area contributed by atoms with E-state index in [-0.39, 0.29) is 5.91 Å². The van der Waals surface area contributed by atoms with E-state index in [1.165, 1.54) is 19.3 Å². The molecule has 1 fully saturated rings. The zero-order chi connectivity index (χ0) is 15.4. The van der Waals surface area contributed by atoms with E-state index >= 15 is 0 Å². The molecule has 1 aromatic carbocycles. The molecule has 0 bridgehead atoms. The highest BCUT2D eigenvalue weighted by Crippen LogP contribution is 2.30. The highest BCUT2D eigenvalue weighted by Gasteiger charge is 2.26. The molecule has 0 aliphatic heterocycles. The highest BCUT2D eigenvalue weighted by molar-refractivity contribution is 9.10. The van der Waals surface area contributed by atoms with Crippen molar-refractivity contribution in [2.75, 3.05) is 14.2 Å². The van der Waals surface area contributed by atoms with Gasteiger partial charge in [0.05, 0.1) is 11.6 Å². The number of halogens is 1. The Hall–Kier alpha value is -1.03. The van der Waals surface area contributed by atoms with Gasteiger partial charge in [-0.15, -0.1) is 0 Å². The summed E-state index contributed by atoms with van der Waals surface area (Å²) in [6, 6.07) is 5.88. The van der Waals surface area contributed by atoms with E-state index in [1.54, 1.807) is 7.11 Å². The molecule has 3 nitrogen and oxygen atoms in total. The smallest absolute Gasteiger partial charge is 0.253 e. The Labute approximate surface area is 135 Å². The molecule has 0 radical (unpaired) electrons. The minimum Gasteiger partial charge on any atom is -0.496 e. The molecule has 0 spiro atoms. The van der Waals surface area contributed by atoms with Gasteiger partial charge in [0.1, 0.15) is 5.75 Å². The molecule has 0 heterocycles. The first-order chi connectivity index (χ1) is 10.1. The average molecular weight is 354 g/mol. The molecule has 116 valence electrons. The molecule has 2 rings (SSSR count). The van der Waals surface area contributed by atoms with Crippen molar-refractivity contribution in [2.24, 2.45) is 5.92 Å². The van der Waals surface area contributed by atoms with Crippen LogP contribution in [0.25, 0.3) is 0 Å². The van der Waals surface area contributed by atoms with E-state index in [2.05, 4.69) is 22.9 Å². The van der Waals surface area contributed by atoms with Gasteiger partial charge in [0.2, 0.25) is 0 Å². The molecule has 1 saturated carbocycles. The summed E-state index contributed by atoms with van der Waals surface area (Å²) >= 11 is 3.44. The second kappa shape index (κ2) is 7.30. The van der Waals surface area contributed by atoms with Crippen molar-refractivity contribution in [1.29, 1.82) is 0 Å². The zero-order valence-corrected chi connectivity index (χ0v) is 14.6. The molecule has 1 aliphatic carbocycles. The maximum atomic E-state index is 12.6. The average Bonchev–Trinajstić information content (AvgIpc) is 2.53. The quantitative estimate of drug-likeness (QED) is 0.797. The van der Waals surface area contributed by atoms with Gasteiger partial charge >= 0.3 is 0 Å². The lowest BCUT2D eigenvalue weighted by molar-refractivity contribution is 0.0674. The summed E-state index contributed by atoms with van der Waals surface area (Å²) in [5, 5.41) is 0. The molecule has 0 aromatic heterocycles. The monoisotopic (exact) mass is 353 g/mol. The summed E-state index contributed by atoms with van der Waals surface area (Å²) < 4.78 is 6.03. The van der Waals surface area contributed by atoms with Crippen LogP contribution in [0.4, 0.5) is 0 Å². The minimum atomic E-state index is 0.0956. The van der Waals surface area contributed by atoms with Gasteiger partial charge in [0.25, 0.3) is 5.91 Å². The third-order valence-corrected chi connectivity index (χ3v) is 5.28. The molecular formula is C17H24BrNO2. The van der Waals surface area contributed by atoms with Crippen LogP contribution < -0.4 is 4.74 Å². The summed E-state index contributed by atoms with van der Waals surface area (Å²) in [7, 11) is 3.55. The van der Waals surface area contributed by atoms with Crippen molar-refractivity contribution >= 4 is 21.8 Å². The van der Waals surface area contributed by atoms with Gasteiger partial charge in [-0.3, -0.25) is 4.79 Å². The summed E-state index contributed by atoms with van der Waals surface area (Å²) in [6.45, 7) is 2.26. The molecule has 0 atom stereocenters. The van der Waals surface area contributed by atoms with Gasteiger partial charge in [-0.05, 0) is 65.7 Å². The number of hydrogen-bond acceptors (Lipinski definition) is 2. The fraction of sp³-hybridized carbons (Fsp3) is 0.588. The van der Waals surface area contributed by atoms with Gasteiger partial charge < -0.3 is 9.64 Å². The normalized spacial score (nSPS) is 21.9. The van der Waals surface area contributed by atoms with Gasteiger partial charge in [0.15, 0.2) is 0 Å². The number of nitrogens with zero attached hydrogens (tertiary/aromatic N) is 1. The Morgan fingerprint density at radius 1 is 1.33 bits per heavy atom. The number of carbonyl (C=O) groups is 1. The number of carbonyl (C=O) groups excluding carboxylic acids is 1. The van der Waals surface area contributed by atoms with Crippen LogP contribution in [-0.4, -0.2) is 31.0 Å². The van der Waals surface area contributed by atoms with Crippen LogP contribution in [0.1, 0.15) is 49.4 Å². The van der Waals surface area contributed by atoms with Gasteiger partial charge in [-0.25, -0.2) is 0 Å². The lowest BCUT2D eigenvalue weighted by Gasteiger charge is -2.34. The largest absolute Gasteiger partial charge is 0.496 e. The molecule has 1 amide bonds. The number of amides is 1. The SMILES string of the molecule is CCC1CCC(N(C)C(=O)c2ccc(OC)c(Br)c2)CC1. The van der Waals surface area contributed by atoms with Crippen molar-refractivity contribution in [3.63, 3.8) is 0 Å². The Bertz CT molecular complexity index is 496. The molecule has 4 heteroatoms. The minimum absolute atomic E-state index is 0.0956. The number of methoxy groups -OCH3 is 1. The molecule has 0 unspecified atom stereocenters. The van der Waals surface area contributed by atoms with Crippen LogP contribution in [0.15, 0.2) is 22.7 Å². The number of benzene rings is 1. The first-order valence-corrected chi connectivity index (χ1v) is 8.46. The Kier molecular flexibility index (Phi) is 5.68. The standard InChI is InChI=1S/C17H24BrNO2/c1-4-12-5-8-14(9-6-12)19(2)17(20)13-7-10-16(21-3)15(18)11-13/h7,10-12,14H,4-6,8-9H2,1-3H3. The van der Waals surface area contributed by atoms with E-state index in [0.29, 0.717) is 11.6 Å². The number of ether oxygens (including phenoxy) is 1. The Balaban J connectivity index is 2.04. The molecule has 1 aliphatic rings. The van der Waals surface area contributed by atoms with E-state index in [0.717, 1.165) is 29.0 Å². The summed E-state index contributed by atoms with van der Waals surface area (Å²) in [4.78, 5) is 14.5. The van der Waals surface area contributed by atoms with Crippen LogP contribution in [0.3, 0.4) is 0 Å². The van der Waals surface area contributed by atoms with Gasteiger partial charge in [-0.2, -0.15) is 0 Å². The first kappa shape index (κ1) is 16.3. The molecule has 21 heavy (non-hydrogen) atoms. The second-order valence-corrected chi connectivity index (χ2v) is 6.70. The van der Waals surface area contributed by atoms with Crippen molar-refractivity contribution in [3.05, 3.63) is 28.2 Å². The van der Waals surface area contributed by atoms with E-state index in [1.807, 2.05) is 30.1 Å². The Morgan fingerprint density at radius 3 is 2.52 bits per heavy atom. The van der Waals surface area contributed by atoms with E-state index in [4.69, 9.17) is 4.74 Å². The third kappa shape index (κ3) is 3.79. The molecule has 0 N–H and O–H groups in total. The maximum absolute atomic E-state index is 12.6.